The molecule has 0 fully saturated rings. The van der Waals surface area contributed by atoms with Crippen LogP contribution in [-0.4, -0.2) is 9.97 Å². The van der Waals surface area contributed by atoms with E-state index in [4.69, 9.17) is 12.2 Å². The van der Waals surface area contributed by atoms with Crippen LogP contribution < -0.4 is 0 Å². The molecule has 1 atom stereocenters. The highest BCUT2D eigenvalue weighted by Gasteiger charge is 2.20. The zero-order valence-electron chi connectivity index (χ0n) is 8.99. The van der Waals surface area contributed by atoms with Gasteiger partial charge in [0.15, 0.2) is 4.77 Å². The number of hydrogen-bond donors (Lipinski definition) is 2. The number of hydrogen-bond acceptors (Lipinski definition) is 1. The minimum Gasteiger partial charge on any atom is -0.337 e. The van der Waals surface area contributed by atoms with Gasteiger partial charge in [-0.1, -0.05) is 24.3 Å². The zero-order chi connectivity index (χ0) is 11.0. The topological polar surface area (TPSA) is 31.6 Å². The lowest BCUT2D eigenvalue weighted by Crippen LogP contribution is -2.12. The van der Waals surface area contributed by atoms with Crippen LogP contribution in [0.15, 0.2) is 30.5 Å². The second-order valence-electron chi connectivity index (χ2n) is 4.41. The average molecular weight is 230 g/mol. The Morgan fingerprint density at radius 3 is 2.75 bits per heavy atom. The molecule has 1 aromatic heterocycles. The minimum absolute atomic E-state index is 0.586. The van der Waals surface area contributed by atoms with Crippen molar-refractivity contribution in [1.29, 1.82) is 0 Å². The Kier molecular flexibility index (Phi) is 2.40. The number of aromatic amines is 2. The maximum atomic E-state index is 5.07. The number of nitrogens with one attached hydrogen (secondary N) is 2. The third-order valence-corrected chi connectivity index (χ3v) is 3.62. The molecule has 3 rings (SSSR count). The first-order valence-electron chi connectivity index (χ1n) is 5.67. The van der Waals surface area contributed by atoms with Crippen molar-refractivity contribution >= 4 is 12.2 Å². The maximum Gasteiger partial charge on any atom is 0.174 e. The first-order chi connectivity index (χ1) is 7.83. The van der Waals surface area contributed by atoms with Gasteiger partial charge in [-0.25, -0.2) is 0 Å². The van der Waals surface area contributed by atoms with Gasteiger partial charge >= 0.3 is 0 Å². The number of aromatic nitrogens is 2. The van der Waals surface area contributed by atoms with Crippen LogP contribution in [0.1, 0.15) is 29.2 Å². The number of benzene rings is 1. The quantitative estimate of drug-likeness (QED) is 0.723. The predicted molar refractivity (Wildman–Crippen MR) is 67.2 cm³/mol. The summed E-state index contributed by atoms with van der Waals surface area (Å²) >= 11 is 5.07. The molecule has 0 saturated heterocycles. The van der Waals surface area contributed by atoms with E-state index in [0.29, 0.717) is 5.92 Å². The highest BCUT2D eigenvalue weighted by Crippen LogP contribution is 2.31. The van der Waals surface area contributed by atoms with Crippen LogP contribution in [0.25, 0.3) is 0 Å². The monoisotopic (exact) mass is 230 g/mol. The van der Waals surface area contributed by atoms with Crippen LogP contribution in [0.5, 0.6) is 0 Å². The van der Waals surface area contributed by atoms with Gasteiger partial charge in [-0.05, 0) is 42.6 Å². The second kappa shape index (κ2) is 3.91. The molecule has 2 nitrogen and oxygen atoms in total. The number of H-pyrrole nitrogens is 2. The Hall–Kier alpha value is -1.35. The molecule has 1 aliphatic carbocycles. The van der Waals surface area contributed by atoms with E-state index in [2.05, 4.69) is 34.2 Å². The molecule has 2 aromatic rings. The molecule has 0 spiro atoms. The molecule has 0 amide bonds. The van der Waals surface area contributed by atoms with Gasteiger partial charge in [-0.3, -0.25) is 0 Å². The number of aryl methyl sites for hydroxylation is 1. The highest BCUT2D eigenvalue weighted by atomic mass is 32.1. The fourth-order valence-corrected chi connectivity index (χ4v) is 2.71. The highest BCUT2D eigenvalue weighted by molar-refractivity contribution is 7.71. The Balaban J connectivity index is 1.90. The molecule has 0 aliphatic heterocycles. The van der Waals surface area contributed by atoms with E-state index >= 15 is 0 Å². The van der Waals surface area contributed by atoms with Gasteiger partial charge in [-0.15, -0.1) is 0 Å². The minimum atomic E-state index is 0.586. The predicted octanol–water partition coefficient (Wildman–Crippen LogP) is 3.34. The largest absolute Gasteiger partial charge is 0.337 e. The van der Waals surface area contributed by atoms with Gasteiger partial charge in [-0.2, -0.15) is 0 Å². The summed E-state index contributed by atoms with van der Waals surface area (Å²) in [5.41, 5.74) is 4.24. The van der Waals surface area contributed by atoms with Crippen molar-refractivity contribution < 1.29 is 0 Å². The molecule has 0 saturated carbocycles. The van der Waals surface area contributed by atoms with E-state index in [-0.39, 0.29) is 0 Å². The van der Waals surface area contributed by atoms with Crippen LogP contribution in [0.4, 0.5) is 0 Å². The van der Waals surface area contributed by atoms with Gasteiger partial charge in [0.2, 0.25) is 0 Å². The SMILES string of the molecule is S=c1[nH]cc(C2CCc3ccccc3C2)[nH]1. The molecular weight excluding hydrogens is 216 g/mol. The summed E-state index contributed by atoms with van der Waals surface area (Å²) in [4.78, 5) is 6.28. The van der Waals surface area contributed by atoms with Crippen molar-refractivity contribution in [3.63, 3.8) is 0 Å². The molecular formula is C13H14N2S. The van der Waals surface area contributed by atoms with E-state index in [1.165, 1.54) is 29.7 Å². The van der Waals surface area contributed by atoms with Crippen LogP contribution in [0.2, 0.25) is 0 Å². The molecule has 0 radical (unpaired) electrons. The van der Waals surface area contributed by atoms with Crippen LogP contribution in [0.3, 0.4) is 0 Å². The molecule has 16 heavy (non-hydrogen) atoms. The number of rotatable bonds is 1. The van der Waals surface area contributed by atoms with Crippen molar-refractivity contribution in [3.8, 4) is 0 Å². The summed E-state index contributed by atoms with van der Waals surface area (Å²) in [5, 5.41) is 0. The normalized spacial score (nSPS) is 19.4. The third kappa shape index (κ3) is 1.71. The lowest BCUT2D eigenvalue weighted by Gasteiger charge is -2.23. The smallest absolute Gasteiger partial charge is 0.174 e. The van der Waals surface area contributed by atoms with Gasteiger partial charge in [0, 0.05) is 17.8 Å². The van der Waals surface area contributed by atoms with Crippen molar-refractivity contribution in [2.75, 3.05) is 0 Å². The maximum absolute atomic E-state index is 5.07. The lowest BCUT2D eigenvalue weighted by molar-refractivity contribution is 0.573. The third-order valence-electron chi connectivity index (χ3n) is 3.40. The van der Waals surface area contributed by atoms with Crippen molar-refractivity contribution in [1.82, 2.24) is 9.97 Å². The van der Waals surface area contributed by atoms with Gasteiger partial charge in [0.1, 0.15) is 0 Å². The van der Waals surface area contributed by atoms with Crippen molar-refractivity contribution in [2.45, 2.75) is 25.2 Å². The van der Waals surface area contributed by atoms with Gasteiger partial charge in [0.25, 0.3) is 0 Å². The molecule has 1 heterocycles. The van der Waals surface area contributed by atoms with E-state index in [9.17, 15) is 0 Å². The van der Waals surface area contributed by atoms with Crippen molar-refractivity contribution in [2.24, 2.45) is 0 Å². The van der Waals surface area contributed by atoms with E-state index < -0.39 is 0 Å². The van der Waals surface area contributed by atoms with E-state index in [1.54, 1.807) is 0 Å². The first-order valence-corrected chi connectivity index (χ1v) is 6.08. The van der Waals surface area contributed by atoms with Gasteiger partial charge < -0.3 is 9.97 Å². The Morgan fingerprint density at radius 2 is 2.00 bits per heavy atom. The number of fused-ring (bicyclic) bond motifs is 1. The van der Waals surface area contributed by atoms with E-state index in [1.807, 2.05) is 6.20 Å². The lowest BCUT2D eigenvalue weighted by atomic mass is 9.82. The van der Waals surface area contributed by atoms with Gasteiger partial charge in [0.05, 0.1) is 0 Å². The summed E-state index contributed by atoms with van der Waals surface area (Å²) in [5.74, 6) is 0.586. The summed E-state index contributed by atoms with van der Waals surface area (Å²) in [6, 6.07) is 8.73. The average Bonchev–Trinajstić information content (AvgIpc) is 2.75. The summed E-state index contributed by atoms with van der Waals surface area (Å²) in [6.07, 6.45) is 5.52. The first kappa shape index (κ1) is 9.85. The van der Waals surface area contributed by atoms with Crippen LogP contribution in [-0.2, 0) is 12.8 Å². The molecule has 0 bridgehead atoms. The molecule has 1 aliphatic rings. The number of imidazole rings is 1. The summed E-state index contributed by atoms with van der Waals surface area (Å²) in [6.45, 7) is 0. The molecule has 2 N–H and O–H groups in total. The molecule has 1 unspecified atom stereocenters. The fourth-order valence-electron chi connectivity index (χ4n) is 2.53. The van der Waals surface area contributed by atoms with E-state index in [0.717, 1.165) is 11.2 Å². The Morgan fingerprint density at radius 1 is 1.19 bits per heavy atom. The molecule has 82 valence electrons. The summed E-state index contributed by atoms with van der Waals surface area (Å²) in [7, 11) is 0. The zero-order valence-corrected chi connectivity index (χ0v) is 9.81. The van der Waals surface area contributed by atoms with Crippen LogP contribution >= 0.6 is 12.2 Å². The second-order valence-corrected chi connectivity index (χ2v) is 4.81. The fraction of sp³-hybridized carbons (Fsp3) is 0.308. The Labute approximate surface area is 99.7 Å². The van der Waals surface area contributed by atoms with Crippen LogP contribution in [0, 0.1) is 4.77 Å². The summed E-state index contributed by atoms with van der Waals surface area (Å²) < 4.78 is 0.730. The Bertz CT molecular complexity index is 553. The molecule has 3 heteroatoms. The van der Waals surface area contributed by atoms with Crippen molar-refractivity contribution in [3.05, 3.63) is 52.1 Å². The molecule has 1 aromatic carbocycles. The standard InChI is InChI=1S/C13H14N2S/c16-13-14-8-12(15-13)11-6-5-9-3-1-2-4-10(9)7-11/h1-4,8,11H,5-7H2,(H2,14,15,16).